The third kappa shape index (κ3) is 4.06. The van der Waals surface area contributed by atoms with E-state index in [9.17, 15) is 9.90 Å². The van der Waals surface area contributed by atoms with Crippen molar-refractivity contribution in [3.63, 3.8) is 0 Å². The van der Waals surface area contributed by atoms with Crippen molar-refractivity contribution in [1.29, 1.82) is 0 Å². The minimum Gasteiger partial charge on any atom is -0.449 e. The van der Waals surface area contributed by atoms with Gasteiger partial charge in [-0.25, -0.2) is 14.8 Å². The maximum atomic E-state index is 12.0. The highest BCUT2D eigenvalue weighted by molar-refractivity contribution is 5.94. The summed E-state index contributed by atoms with van der Waals surface area (Å²) in [4.78, 5) is 21.1. The predicted molar refractivity (Wildman–Crippen MR) is 122 cm³/mol. The van der Waals surface area contributed by atoms with Crippen LogP contribution in [0.2, 0.25) is 0 Å². The van der Waals surface area contributed by atoms with Crippen molar-refractivity contribution in [1.82, 2.24) is 20.2 Å². The van der Waals surface area contributed by atoms with Crippen LogP contribution in [0.5, 0.6) is 0 Å². The van der Waals surface area contributed by atoms with Crippen molar-refractivity contribution in [3.05, 3.63) is 77.9 Å². The number of carbonyl (C=O) groups excluding carboxylic acids is 1. The molecule has 10 heteroatoms. The van der Waals surface area contributed by atoms with Crippen molar-refractivity contribution in [3.8, 4) is 11.5 Å². The minimum atomic E-state index is -0.813. The first kappa shape index (κ1) is 21.5. The number of nitrogens with zero attached hydrogens (tertiary/aromatic N) is 4. The van der Waals surface area contributed by atoms with Gasteiger partial charge in [-0.1, -0.05) is 30.3 Å². The number of nitrogens with one attached hydrogen (secondary N) is 2. The number of aromatic nitrogens is 4. The van der Waals surface area contributed by atoms with E-state index in [2.05, 4.69) is 37.2 Å². The topological polar surface area (TPSA) is 135 Å². The average molecular weight is 457 g/mol. The lowest BCUT2D eigenvalue weighted by molar-refractivity contribution is 0.00834. The molecule has 0 amide bonds. The molecule has 5 rings (SSSR count). The van der Waals surface area contributed by atoms with Crippen molar-refractivity contribution in [2.75, 3.05) is 17.2 Å². The van der Waals surface area contributed by atoms with Crippen LogP contribution in [-0.4, -0.2) is 37.8 Å². The fourth-order valence-corrected chi connectivity index (χ4v) is 3.80. The Labute approximate surface area is 195 Å². The van der Waals surface area contributed by atoms with E-state index in [1.165, 1.54) is 0 Å². The van der Waals surface area contributed by atoms with Gasteiger partial charge in [-0.05, 0) is 31.5 Å². The van der Waals surface area contributed by atoms with Crippen LogP contribution < -0.4 is 10.6 Å². The summed E-state index contributed by atoms with van der Waals surface area (Å²) in [5, 5.41) is 24.1. The number of esters is 1. The van der Waals surface area contributed by atoms with Gasteiger partial charge in [-0.15, -0.1) is 10.2 Å². The highest BCUT2D eigenvalue weighted by Crippen LogP contribution is 2.36. The smallest absolute Gasteiger partial charge is 0.341 e. The Bertz CT molecular complexity index is 1320. The predicted octanol–water partition coefficient (Wildman–Crippen LogP) is 3.62. The Balaban J connectivity index is 1.48. The molecule has 1 aliphatic heterocycles. The molecule has 0 bridgehead atoms. The highest BCUT2D eigenvalue weighted by atomic mass is 16.6. The van der Waals surface area contributed by atoms with Gasteiger partial charge < -0.3 is 24.9 Å². The lowest BCUT2D eigenvalue weighted by atomic mass is 10.0. The number of hydrogen-bond donors (Lipinski definition) is 3. The molecule has 171 valence electrons. The molecule has 3 N–H and O–H groups in total. The second-order valence-electron chi connectivity index (χ2n) is 8.22. The van der Waals surface area contributed by atoms with Crippen molar-refractivity contribution >= 4 is 23.3 Å². The Morgan fingerprint density at radius 1 is 1.12 bits per heavy atom. The number of cyclic esters (lactones) is 1. The average Bonchev–Trinajstić information content (AvgIpc) is 3.44. The molecule has 1 aliphatic rings. The van der Waals surface area contributed by atoms with E-state index in [1.54, 1.807) is 38.2 Å². The fourth-order valence-electron chi connectivity index (χ4n) is 3.80. The highest BCUT2D eigenvalue weighted by Gasteiger charge is 2.39. The monoisotopic (exact) mass is 457 g/mol. The van der Waals surface area contributed by atoms with Crippen LogP contribution >= 0.6 is 0 Å². The number of aliphatic hydroxyl groups is 1. The molecule has 10 nitrogen and oxygen atoms in total. The molecule has 3 aromatic heterocycles. The second kappa shape index (κ2) is 8.56. The molecule has 1 atom stereocenters. The Morgan fingerprint density at radius 3 is 2.68 bits per heavy atom. The maximum Gasteiger partial charge on any atom is 0.341 e. The van der Waals surface area contributed by atoms with Crippen molar-refractivity contribution in [2.24, 2.45) is 0 Å². The fraction of sp³-hybridized carbons (Fsp3) is 0.208. The molecule has 0 fully saturated rings. The molecule has 0 unspecified atom stereocenters. The lowest BCUT2D eigenvalue weighted by Crippen LogP contribution is -2.18. The van der Waals surface area contributed by atoms with Gasteiger partial charge in [0.25, 0.3) is 5.89 Å². The zero-order valence-corrected chi connectivity index (χ0v) is 18.4. The zero-order valence-electron chi connectivity index (χ0n) is 18.4. The summed E-state index contributed by atoms with van der Waals surface area (Å²) < 4.78 is 10.6. The number of ether oxygens (including phenoxy) is 1. The summed E-state index contributed by atoms with van der Waals surface area (Å²) in [5.41, 5.74) is 2.26. The SMILES string of the molecule is CC1(C)OC(=O)c2ccc(Nc3cc(N[C@H](CO)c4ccccc4)c(-c4nn[c]o4)cn3)nc21. The molecule has 34 heavy (non-hydrogen) atoms. The number of fused-ring (bicyclic) bond motifs is 1. The number of hydrogen-bond acceptors (Lipinski definition) is 10. The summed E-state index contributed by atoms with van der Waals surface area (Å²) in [5.74, 6) is 0.832. The lowest BCUT2D eigenvalue weighted by Gasteiger charge is -2.20. The number of benzene rings is 1. The zero-order chi connectivity index (χ0) is 23.7. The molecule has 0 saturated carbocycles. The standard InChI is InChI=1S/C24H21N6O4/c1-24(2)21-15(23(32)34-24)8-9-19(29-21)28-20-10-17(16(11-25-20)22-30-26-13-33-22)27-18(12-31)14-6-4-3-5-7-14/h3-11,18,31H,12H2,1-2H3,(H2,25,27,28,29)/t18-/m1/s1. The third-order valence-electron chi connectivity index (χ3n) is 5.46. The molecular formula is C24H21N6O4. The molecule has 1 radical (unpaired) electrons. The Morgan fingerprint density at radius 2 is 1.94 bits per heavy atom. The van der Waals surface area contributed by atoms with Crippen LogP contribution in [0.4, 0.5) is 17.3 Å². The second-order valence-corrected chi connectivity index (χ2v) is 8.22. The van der Waals surface area contributed by atoms with Crippen LogP contribution in [-0.2, 0) is 10.3 Å². The molecule has 4 heterocycles. The van der Waals surface area contributed by atoms with E-state index < -0.39 is 5.60 Å². The molecule has 0 spiro atoms. The summed E-state index contributed by atoms with van der Waals surface area (Å²) in [6.07, 6.45) is 3.92. The normalized spacial score (nSPS) is 14.9. The van der Waals surface area contributed by atoms with Crippen LogP contribution in [0.25, 0.3) is 11.5 Å². The number of rotatable bonds is 7. The maximum absolute atomic E-state index is 12.0. The Kier molecular flexibility index (Phi) is 5.42. The van der Waals surface area contributed by atoms with Gasteiger partial charge in [-0.3, -0.25) is 0 Å². The van der Waals surface area contributed by atoms with Gasteiger partial charge in [0.2, 0.25) is 0 Å². The van der Waals surface area contributed by atoms with Crippen LogP contribution in [0, 0.1) is 6.39 Å². The third-order valence-corrected chi connectivity index (χ3v) is 5.46. The summed E-state index contributed by atoms with van der Waals surface area (Å²) in [6.45, 7) is 3.45. The molecule has 0 saturated heterocycles. The Hall–Kier alpha value is -4.31. The summed E-state index contributed by atoms with van der Waals surface area (Å²) in [7, 11) is 0. The number of anilines is 3. The van der Waals surface area contributed by atoms with E-state index in [0.29, 0.717) is 34.1 Å². The van der Waals surface area contributed by atoms with Crippen LogP contribution in [0.3, 0.4) is 0 Å². The molecule has 0 aliphatic carbocycles. The molecule has 4 aromatic rings. The summed E-state index contributed by atoms with van der Waals surface area (Å²) in [6, 6.07) is 14.3. The first-order chi connectivity index (χ1) is 16.4. The van der Waals surface area contributed by atoms with E-state index in [4.69, 9.17) is 9.15 Å². The van der Waals surface area contributed by atoms with E-state index in [-0.39, 0.29) is 24.5 Å². The van der Waals surface area contributed by atoms with Gasteiger partial charge in [0.05, 0.1) is 29.5 Å². The number of aliphatic hydroxyl groups excluding tert-OH is 1. The molecule has 1 aromatic carbocycles. The van der Waals surface area contributed by atoms with Gasteiger partial charge in [0.1, 0.15) is 22.9 Å². The van der Waals surface area contributed by atoms with Gasteiger partial charge in [0.15, 0.2) is 0 Å². The first-order valence-corrected chi connectivity index (χ1v) is 10.6. The largest absolute Gasteiger partial charge is 0.449 e. The van der Waals surface area contributed by atoms with Crippen LogP contribution in [0.15, 0.2) is 59.1 Å². The van der Waals surface area contributed by atoms with Crippen molar-refractivity contribution in [2.45, 2.75) is 25.5 Å². The quantitative estimate of drug-likeness (QED) is 0.353. The van der Waals surface area contributed by atoms with Crippen LogP contribution in [0.1, 0.15) is 41.5 Å². The first-order valence-electron chi connectivity index (χ1n) is 10.6. The number of pyridine rings is 2. The van der Waals surface area contributed by atoms with Gasteiger partial charge in [0, 0.05) is 12.3 Å². The van der Waals surface area contributed by atoms with Crippen molar-refractivity contribution < 1.29 is 19.1 Å². The van der Waals surface area contributed by atoms with Gasteiger partial charge in [-0.2, -0.15) is 0 Å². The minimum absolute atomic E-state index is 0.139. The van der Waals surface area contributed by atoms with E-state index >= 15 is 0 Å². The van der Waals surface area contributed by atoms with Gasteiger partial charge >= 0.3 is 12.4 Å². The summed E-state index contributed by atoms with van der Waals surface area (Å²) >= 11 is 0. The molecular weight excluding hydrogens is 436 g/mol. The van der Waals surface area contributed by atoms with E-state index in [0.717, 1.165) is 5.56 Å². The number of carbonyl (C=O) groups is 1. The van der Waals surface area contributed by atoms with E-state index in [1.807, 2.05) is 30.3 Å².